The van der Waals surface area contributed by atoms with Crippen LogP contribution in [-0.4, -0.2) is 33.4 Å². The van der Waals surface area contributed by atoms with Gasteiger partial charge in [-0.1, -0.05) is 48.0 Å². The van der Waals surface area contributed by atoms with E-state index in [1.54, 1.807) is 6.07 Å². The average Bonchev–Trinajstić information content (AvgIpc) is 2.67. The van der Waals surface area contributed by atoms with Gasteiger partial charge in [0.05, 0.1) is 17.4 Å². The Kier molecular flexibility index (Phi) is 7.98. The summed E-state index contributed by atoms with van der Waals surface area (Å²) >= 11 is 5.78. The van der Waals surface area contributed by atoms with Gasteiger partial charge in [-0.2, -0.15) is 0 Å². The fraction of sp³-hybridized carbons (Fsp3) is 0.263. The highest BCUT2D eigenvalue weighted by Gasteiger charge is 2.16. The van der Waals surface area contributed by atoms with Crippen LogP contribution in [0.5, 0.6) is 0 Å². The van der Waals surface area contributed by atoms with Gasteiger partial charge in [0.25, 0.3) is 5.91 Å². The zero-order valence-electron chi connectivity index (χ0n) is 15.2. The van der Waals surface area contributed by atoms with Gasteiger partial charge in [-0.05, 0) is 30.7 Å². The number of benzene rings is 2. The summed E-state index contributed by atoms with van der Waals surface area (Å²) in [6.45, 7) is 1.23. The second kappa shape index (κ2) is 10.2. The van der Waals surface area contributed by atoms with Gasteiger partial charge in [0.15, 0.2) is 6.61 Å². The Morgan fingerprint density at radius 1 is 1.11 bits per heavy atom. The number of halogens is 1. The van der Waals surface area contributed by atoms with Gasteiger partial charge in [0.2, 0.25) is 10.0 Å². The van der Waals surface area contributed by atoms with Gasteiger partial charge in [-0.25, -0.2) is 13.1 Å². The SMILES string of the molecule is CC(NC(=O)COC(=O)CCNS(=O)(=O)c1cccc(Cl)c1)c1ccccc1. The molecule has 7 nitrogen and oxygen atoms in total. The Labute approximate surface area is 169 Å². The van der Waals surface area contributed by atoms with Crippen molar-refractivity contribution < 1.29 is 22.7 Å². The maximum atomic E-state index is 12.1. The van der Waals surface area contributed by atoms with Gasteiger partial charge in [-0.3, -0.25) is 9.59 Å². The zero-order valence-corrected chi connectivity index (χ0v) is 16.8. The van der Waals surface area contributed by atoms with E-state index in [4.69, 9.17) is 16.3 Å². The lowest BCUT2D eigenvalue weighted by Crippen LogP contribution is -2.32. The van der Waals surface area contributed by atoms with Crippen molar-refractivity contribution >= 4 is 33.5 Å². The highest BCUT2D eigenvalue weighted by atomic mass is 35.5. The van der Waals surface area contributed by atoms with E-state index in [-0.39, 0.29) is 28.9 Å². The molecule has 0 saturated heterocycles. The molecule has 0 aliphatic rings. The molecule has 0 saturated carbocycles. The molecule has 1 unspecified atom stereocenters. The third kappa shape index (κ3) is 6.95. The smallest absolute Gasteiger partial charge is 0.307 e. The van der Waals surface area contributed by atoms with Crippen molar-refractivity contribution in [3.8, 4) is 0 Å². The molecular weight excluding hydrogens is 404 g/mol. The molecule has 0 bridgehead atoms. The molecule has 0 aromatic heterocycles. The summed E-state index contributed by atoms with van der Waals surface area (Å²) in [5.74, 6) is -1.12. The van der Waals surface area contributed by atoms with Crippen LogP contribution in [0.25, 0.3) is 0 Å². The van der Waals surface area contributed by atoms with E-state index in [1.807, 2.05) is 37.3 Å². The molecule has 2 aromatic rings. The van der Waals surface area contributed by atoms with Gasteiger partial charge in [-0.15, -0.1) is 0 Å². The first-order valence-corrected chi connectivity index (χ1v) is 10.4. The number of amides is 1. The molecular formula is C19H21ClN2O5S. The topological polar surface area (TPSA) is 102 Å². The lowest BCUT2D eigenvalue weighted by molar-refractivity contribution is -0.148. The number of sulfonamides is 1. The van der Waals surface area contributed by atoms with Crippen LogP contribution in [0.3, 0.4) is 0 Å². The summed E-state index contributed by atoms with van der Waals surface area (Å²) in [5.41, 5.74) is 0.928. The normalized spacial score (nSPS) is 12.2. The van der Waals surface area contributed by atoms with Crippen molar-refractivity contribution in [2.24, 2.45) is 0 Å². The first kappa shape index (κ1) is 21.9. The summed E-state index contributed by atoms with van der Waals surface area (Å²) in [7, 11) is -3.78. The van der Waals surface area contributed by atoms with Crippen LogP contribution in [0.4, 0.5) is 0 Å². The number of hydrogen-bond donors (Lipinski definition) is 2. The number of carbonyl (C=O) groups is 2. The highest BCUT2D eigenvalue weighted by molar-refractivity contribution is 7.89. The van der Waals surface area contributed by atoms with Gasteiger partial charge in [0, 0.05) is 11.6 Å². The predicted molar refractivity (Wildman–Crippen MR) is 105 cm³/mol. The third-order valence-electron chi connectivity index (χ3n) is 3.77. The number of esters is 1. The molecule has 2 aromatic carbocycles. The second-order valence-electron chi connectivity index (χ2n) is 5.97. The van der Waals surface area contributed by atoms with Gasteiger partial charge in [0.1, 0.15) is 0 Å². The number of ether oxygens (including phenoxy) is 1. The van der Waals surface area contributed by atoms with Crippen molar-refractivity contribution in [3.05, 3.63) is 65.2 Å². The molecule has 0 heterocycles. The van der Waals surface area contributed by atoms with Gasteiger partial charge < -0.3 is 10.1 Å². The van der Waals surface area contributed by atoms with E-state index in [0.717, 1.165) is 5.56 Å². The first-order chi connectivity index (χ1) is 13.3. The lowest BCUT2D eigenvalue weighted by atomic mass is 10.1. The highest BCUT2D eigenvalue weighted by Crippen LogP contribution is 2.15. The molecule has 0 aliphatic carbocycles. The molecule has 1 amide bonds. The fourth-order valence-corrected chi connectivity index (χ4v) is 3.66. The summed E-state index contributed by atoms with van der Waals surface area (Å²) in [5, 5.41) is 3.01. The number of hydrogen-bond acceptors (Lipinski definition) is 5. The van der Waals surface area contributed by atoms with E-state index in [0.29, 0.717) is 0 Å². The minimum Gasteiger partial charge on any atom is -0.456 e. The minimum absolute atomic E-state index is 0.00245. The lowest BCUT2D eigenvalue weighted by Gasteiger charge is -2.14. The Balaban J connectivity index is 1.72. The standard InChI is InChI=1S/C19H21ClN2O5S/c1-14(15-6-3-2-4-7-15)22-18(23)13-27-19(24)10-11-21-28(25,26)17-9-5-8-16(20)12-17/h2-9,12,14,21H,10-11,13H2,1H3,(H,22,23). The molecule has 0 fully saturated rings. The van der Waals surface area contributed by atoms with E-state index < -0.39 is 28.5 Å². The Morgan fingerprint density at radius 3 is 2.50 bits per heavy atom. The maximum Gasteiger partial charge on any atom is 0.307 e. The van der Waals surface area contributed by atoms with Crippen LogP contribution in [0.2, 0.25) is 5.02 Å². The van der Waals surface area contributed by atoms with E-state index in [2.05, 4.69) is 10.0 Å². The predicted octanol–water partition coefficient (Wildman–Crippen LogP) is 2.43. The number of rotatable bonds is 9. The van der Waals surface area contributed by atoms with Gasteiger partial charge >= 0.3 is 5.97 Å². The van der Waals surface area contributed by atoms with Crippen LogP contribution >= 0.6 is 11.6 Å². The molecule has 0 spiro atoms. The first-order valence-electron chi connectivity index (χ1n) is 8.53. The summed E-state index contributed by atoms with van der Waals surface area (Å²) in [4.78, 5) is 23.6. The molecule has 150 valence electrons. The van der Waals surface area contributed by atoms with Crippen molar-refractivity contribution in [1.29, 1.82) is 0 Å². The third-order valence-corrected chi connectivity index (χ3v) is 5.46. The van der Waals surface area contributed by atoms with E-state index in [9.17, 15) is 18.0 Å². The maximum absolute atomic E-state index is 12.1. The Hall–Kier alpha value is -2.42. The summed E-state index contributed by atoms with van der Waals surface area (Å²) < 4.78 is 31.4. The Bertz CT molecular complexity index is 919. The molecule has 28 heavy (non-hydrogen) atoms. The molecule has 9 heteroatoms. The van der Waals surface area contributed by atoms with Crippen molar-refractivity contribution in [3.63, 3.8) is 0 Å². The minimum atomic E-state index is -3.78. The van der Waals surface area contributed by atoms with Crippen molar-refractivity contribution in [1.82, 2.24) is 10.0 Å². The average molecular weight is 425 g/mol. The second-order valence-corrected chi connectivity index (χ2v) is 8.17. The summed E-state index contributed by atoms with van der Waals surface area (Å²) in [6, 6.07) is 14.9. The largest absolute Gasteiger partial charge is 0.456 e. The van der Waals surface area contributed by atoms with E-state index >= 15 is 0 Å². The number of carbonyl (C=O) groups excluding carboxylic acids is 2. The molecule has 2 rings (SSSR count). The molecule has 2 N–H and O–H groups in total. The zero-order chi connectivity index (χ0) is 20.6. The quantitative estimate of drug-likeness (QED) is 0.602. The van der Waals surface area contributed by atoms with Crippen LogP contribution in [0.1, 0.15) is 24.9 Å². The monoisotopic (exact) mass is 424 g/mol. The van der Waals surface area contributed by atoms with Crippen LogP contribution in [0, 0.1) is 0 Å². The molecule has 1 atom stereocenters. The van der Waals surface area contributed by atoms with Crippen molar-refractivity contribution in [2.75, 3.05) is 13.2 Å². The summed E-state index contributed by atoms with van der Waals surface area (Å²) in [6.07, 6.45) is -0.207. The Morgan fingerprint density at radius 2 is 1.82 bits per heavy atom. The van der Waals surface area contributed by atoms with E-state index in [1.165, 1.54) is 18.2 Å². The van der Waals surface area contributed by atoms with Crippen LogP contribution in [-0.2, 0) is 24.3 Å². The molecule has 0 radical (unpaired) electrons. The van der Waals surface area contributed by atoms with Crippen molar-refractivity contribution in [2.45, 2.75) is 24.3 Å². The van der Waals surface area contributed by atoms with Crippen LogP contribution < -0.4 is 10.0 Å². The number of nitrogens with one attached hydrogen (secondary N) is 2. The molecule has 0 aliphatic heterocycles. The fourth-order valence-electron chi connectivity index (χ4n) is 2.33. The van der Waals surface area contributed by atoms with Crippen LogP contribution in [0.15, 0.2) is 59.5 Å².